The molecule has 0 unspecified atom stereocenters. The summed E-state index contributed by atoms with van der Waals surface area (Å²) in [6, 6.07) is 24.2. The van der Waals surface area contributed by atoms with Crippen molar-refractivity contribution in [2.24, 2.45) is 0 Å². The van der Waals surface area contributed by atoms with Gasteiger partial charge in [0.2, 0.25) is 11.8 Å². The van der Waals surface area contributed by atoms with Crippen molar-refractivity contribution in [3.8, 4) is 0 Å². The number of carbonyl (C=O) groups is 3. The average molecular weight is 415 g/mol. The summed E-state index contributed by atoms with van der Waals surface area (Å²) in [7, 11) is 0. The summed E-state index contributed by atoms with van der Waals surface area (Å²) in [5.74, 6) is -0.835. The van der Waals surface area contributed by atoms with Crippen LogP contribution in [0.1, 0.15) is 41.4 Å². The normalized spacial score (nSPS) is 11.3. The molecule has 0 aliphatic heterocycles. The highest BCUT2D eigenvalue weighted by Crippen LogP contribution is 2.22. The number of nitrogens with one attached hydrogen (secondary N) is 3. The summed E-state index contributed by atoms with van der Waals surface area (Å²) in [5, 5.41) is 8.43. The molecule has 1 atom stereocenters. The lowest BCUT2D eigenvalue weighted by atomic mass is 9.98. The molecule has 6 nitrogen and oxygen atoms in total. The van der Waals surface area contributed by atoms with E-state index in [1.807, 2.05) is 60.7 Å². The van der Waals surface area contributed by atoms with E-state index in [-0.39, 0.29) is 23.8 Å². The van der Waals surface area contributed by atoms with Crippen molar-refractivity contribution < 1.29 is 14.4 Å². The topological polar surface area (TPSA) is 87.3 Å². The van der Waals surface area contributed by atoms with Crippen LogP contribution in [0.15, 0.2) is 78.9 Å². The smallest absolute Gasteiger partial charge is 0.251 e. The molecule has 0 fully saturated rings. The average Bonchev–Trinajstić information content (AvgIpc) is 2.73. The zero-order valence-corrected chi connectivity index (χ0v) is 17.5. The molecule has 0 radical (unpaired) electrons. The number of hydrogen-bond acceptors (Lipinski definition) is 3. The standard InChI is InChI=1S/C25H25N3O3/c1-17(29)26-22-14-21(15-23(16-22)27-18(2)30)25(31)28-24(20-11-7-4-8-12-20)13-19-9-5-3-6-10-19/h3-12,14-16,24H,13H2,1-2H3,(H,26,29)(H,27,30)(H,28,31)/t24-/m1/s1. The molecule has 0 saturated heterocycles. The number of hydrogen-bond donors (Lipinski definition) is 3. The van der Waals surface area contributed by atoms with Crippen molar-refractivity contribution in [1.82, 2.24) is 5.32 Å². The molecule has 3 aromatic rings. The summed E-state index contributed by atoms with van der Waals surface area (Å²) in [6.45, 7) is 2.77. The van der Waals surface area contributed by atoms with E-state index in [1.165, 1.54) is 13.8 Å². The van der Waals surface area contributed by atoms with Crippen LogP contribution >= 0.6 is 0 Å². The largest absolute Gasteiger partial charge is 0.345 e. The molecule has 0 heterocycles. The third-order valence-electron chi connectivity index (χ3n) is 4.63. The number of carbonyl (C=O) groups excluding carboxylic acids is 3. The Bertz CT molecular complexity index is 1030. The number of benzene rings is 3. The first-order valence-corrected chi connectivity index (χ1v) is 10.0. The van der Waals surface area contributed by atoms with Gasteiger partial charge >= 0.3 is 0 Å². The first-order valence-electron chi connectivity index (χ1n) is 10.0. The maximum Gasteiger partial charge on any atom is 0.251 e. The SMILES string of the molecule is CC(=O)Nc1cc(NC(C)=O)cc(C(=O)N[C@H](Cc2ccccc2)c2ccccc2)c1. The van der Waals surface area contributed by atoms with Crippen molar-refractivity contribution in [2.75, 3.05) is 10.6 Å². The third kappa shape index (κ3) is 6.54. The lowest BCUT2D eigenvalue weighted by molar-refractivity contribution is -0.115. The highest BCUT2D eigenvalue weighted by atomic mass is 16.2. The minimum atomic E-state index is -0.302. The third-order valence-corrected chi connectivity index (χ3v) is 4.63. The van der Waals surface area contributed by atoms with Crippen LogP contribution in [0.5, 0.6) is 0 Å². The summed E-state index contributed by atoms with van der Waals surface area (Å²) >= 11 is 0. The zero-order valence-electron chi connectivity index (χ0n) is 17.5. The molecule has 3 aromatic carbocycles. The molecule has 0 spiro atoms. The monoisotopic (exact) mass is 415 g/mol. The van der Waals surface area contributed by atoms with Crippen LogP contribution in [0, 0.1) is 0 Å². The Hall–Kier alpha value is -3.93. The molecule has 0 aliphatic rings. The highest BCUT2D eigenvalue weighted by molar-refractivity contribution is 6.00. The summed E-state index contributed by atoms with van der Waals surface area (Å²) in [6.07, 6.45) is 0.626. The van der Waals surface area contributed by atoms with Crippen LogP contribution in [-0.4, -0.2) is 17.7 Å². The summed E-state index contributed by atoms with van der Waals surface area (Å²) < 4.78 is 0. The van der Waals surface area contributed by atoms with E-state index in [4.69, 9.17) is 0 Å². The van der Waals surface area contributed by atoms with Gasteiger partial charge in [0, 0.05) is 30.8 Å². The zero-order chi connectivity index (χ0) is 22.2. The molecule has 3 N–H and O–H groups in total. The van der Waals surface area contributed by atoms with Gasteiger partial charge in [-0.1, -0.05) is 60.7 Å². The van der Waals surface area contributed by atoms with Gasteiger partial charge in [0.25, 0.3) is 5.91 Å². The van der Waals surface area contributed by atoms with Gasteiger partial charge in [-0.2, -0.15) is 0 Å². The predicted molar refractivity (Wildman–Crippen MR) is 122 cm³/mol. The molecule has 158 valence electrons. The Kier molecular flexibility index (Phi) is 7.17. The second kappa shape index (κ2) is 10.2. The Morgan fingerprint density at radius 2 is 1.26 bits per heavy atom. The Morgan fingerprint density at radius 3 is 1.77 bits per heavy atom. The maximum atomic E-state index is 13.2. The van der Waals surface area contributed by atoms with Crippen LogP contribution in [-0.2, 0) is 16.0 Å². The van der Waals surface area contributed by atoms with Crippen molar-refractivity contribution in [1.29, 1.82) is 0 Å². The Labute approximate surface area is 181 Å². The van der Waals surface area contributed by atoms with Crippen LogP contribution in [0.4, 0.5) is 11.4 Å². The van der Waals surface area contributed by atoms with Crippen molar-refractivity contribution in [3.63, 3.8) is 0 Å². The van der Waals surface area contributed by atoms with Crippen LogP contribution in [0.3, 0.4) is 0 Å². The quantitative estimate of drug-likeness (QED) is 0.537. The van der Waals surface area contributed by atoms with Crippen LogP contribution in [0.2, 0.25) is 0 Å². The second-order valence-electron chi connectivity index (χ2n) is 7.29. The minimum Gasteiger partial charge on any atom is -0.345 e. The lowest BCUT2D eigenvalue weighted by Gasteiger charge is -2.20. The van der Waals surface area contributed by atoms with Crippen molar-refractivity contribution in [2.45, 2.75) is 26.3 Å². The molecule has 0 saturated carbocycles. The Morgan fingerprint density at radius 1 is 0.742 bits per heavy atom. The molecule has 0 aliphatic carbocycles. The first-order chi connectivity index (χ1) is 14.9. The fraction of sp³-hybridized carbons (Fsp3) is 0.160. The molecular weight excluding hydrogens is 390 g/mol. The van der Waals surface area contributed by atoms with Gasteiger partial charge in [-0.15, -0.1) is 0 Å². The van der Waals surface area contributed by atoms with E-state index >= 15 is 0 Å². The molecule has 31 heavy (non-hydrogen) atoms. The van der Waals surface area contributed by atoms with Crippen LogP contribution < -0.4 is 16.0 Å². The highest BCUT2D eigenvalue weighted by Gasteiger charge is 2.18. The summed E-state index contributed by atoms with van der Waals surface area (Å²) in [5.41, 5.74) is 3.29. The Balaban J connectivity index is 1.89. The van der Waals surface area contributed by atoms with Gasteiger partial charge < -0.3 is 16.0 Å². The van der Waals surface area contributed by atoms with E-state index < -0.39 is 0 Å². The fourth-order valence-electron chi connectivity index (χ4n) is 3.34. The molecule has 3 amide bonds. The van der Waals surface area contributed by atoms with E-state index in [0.29, 0.717) is 23.4 Å². The van der Waals surface area contributed by atoms with E-state index in [1.54, 1.807) is 18.2 Å². The van der Waals surface area contributed by atoms with Gasteiger partial charge in [0.1, 0.15) is 0 Å². The molecular formula is C25H25N3O3. The molecule has 0 bridgehead atoms. The van der Waals surface area contributed by atoms with E-state index in [9.17, 15) is 14.4 Å². The minimum absolute atomic E-state index is 0.246. The molecule has 0 aromatic heterocycles. The van der Waals surface area contributed by atoms with E-state index in [2.05, 4.69) is 16.0 Å². The predicted octanol–water partition coefficient (Wildman–Crippen LogP) is 4.32. The van der Waals surface area contributed by atoms with Gasteiger partial charge in [0.05, 0.1) is 6.04 Å². The van der Waals surface area contributed by atoms with Gasteiger partial charge in [0.15, 0.2) is 0 Å². The fourth-order valence-corrected chi connectivity index (χ4v) is 3.34. The first kappa shape index (κ1) is 21.8. The molecule has 6 heteroatoms. The van der Waals surface area contributed by atoms with Crippen molar-refractivity contribution in [3.05, 3.63) is 95.6 Å². The number of anilines is 2. The van der Waals surface area contributed by atoms with Gasteiger partial charge in [-0.05, 0) is 35.7 Å². The maximum absolute atomic E-state index is 13.2. The number of rotatable bonds is 7. The van der Waals surface area contributed by atoms with Crippen LogP contribution in [0.25, 0.3) is 0 Å². The van der Waals surface area contributed by atoms with E-state index in [0.717, 1.165) is 11.1 Å². The summed E-state index contributed by atoms with van der Waals surface area (Å²) in [4.78, 5) is 36.1. The second-order valence-corrected chi connectivity index (χ2v) is 7.29. The molecule has 3 rings (SSSR count). The van der Waals surface area contributed by atoms with Gasteiger partial charge in [-0.3, -0.25) is 14.4 Å². The number of amides is 3. The lowest BCUT2D eigenvalue weighted by Crippen LogP contribution is -2.30. The van der Waals surface area contributed by atoms with Gasteiger partial charge in [-0.25, -0.2) is 0 Å². The van der Waals surface area contributed by atoms with Crippen molar-refractivity contribution >= 4 is 29.1 Å².